The highest BCUT2D eigenvalue weighted by atomic mass is 16.5. The van der Waals surface area contributed by atoms with Gasteiger partial charge in [-0.05, 0) is 47.9 Å². The van der Waals surface area contributed by atoms with Crippen LogP contribution in [-0.4, -0.2) is 42.2 Å². The van der Waals surface area contributed by atoms with E-state index in [4.69, 9.17) is 9.84 Å². The minimum absolute atomic E-state index is 0.0829. The largest absolute Gasteiger partial charge is 0.489 e. The van der Waals surface area contributed by atoms with Gasteiger partial charge in [0.1, 0.15) is 12.4 Å². The highest BCUT2D eigenvalue weighted by Crippen LogP contribution is 2.24. The molecule has 1 aliphatic heterocycles. The summed E-state index contributed by atoms with van der Waals surface area (Å²) in [4.78, 5) is 16.1. The molecule has 3 aromatic carbocycles. The number of carboxylic acid groups (broad SMARTS) is 1. The molecule has 3 aromatic rings. The van der Waals surface area contributed by atoms with Crippen LogP contribution >= 0.6 is 0 Å². The van der Waals surface area contributed by atoms with Gasteiger partial charge in [-0.25, -0.2) is 0 Å². The average molecular weight is 471 g/mol. The number of rotatable bonds is 10. The highest BCUT2D eigenvalue weighted by molar-refractivity contribution is 5.68. The van der Waals surface area contributed by atoms with E-state index >= 15 is 0 Å². The molecule has 1 N–H and O–H groups in total. The van der Waals surface area contributed by atoms with Crippen LogP contribution in [0.1, 0.15) is 36.0 Å². The number of carboxylic acids is 1. The van der Waals surface area contributed by atoms with E-state index < -0.39 is 5.97 Å². The van der Waals surface area contributed by atoms with Gasteiger partial charge in [0.2, 0.25) is 0 Å². The Bertz CT molecular complexity index is 1090. The highest BCUT2D eigenvalue weighted by Gasteiger charge is 2.17. The first kappa shape index (κ1) is 24.6. The fraction of sp³-hybridized carbons (Fsp3) is 0.300. The number of benzene rings is 3. The van der Waals surface area contributed by atoms with Gasteiger partial charge in [0.05, 0.1) is 6.42 Å². The van der Waals surface area contributed by atoms with Crippen molar-refractivity contribution in [3.63, 3.8) is 0 Å². The van der Waals surface area contributed by atoms with Crippen molar-refractivity contribution < 1.29 is 14.6 Å². The van der Waals surface area contributed by atoms with Crippen LogP contribution in [0.2, 0.25) is 0 Å². The van der Waals surface area contributed by atoms with E-state index in [1.165, 1.54) is 11.3 Å². The molecule has 0 aliphatic carbocycles. The quantitative estimate of drug-likeness (QED) is 0.384. The van der Waals surface area contributed by atoms with E-state index in [0.29, 0.717) is 6.61 Å². The summed E-state index contributed by atoms with van der Waals surface area (Å²) in [7, 11) is 0. The second kappa shape index (κ2) is 12.2. The second-order valence-corrected chi connectivity index (χ2v) is 9.00. The van der Waals surface area contributed by atoms with Crippen molar-refractivity contribution in [3.05, 3.63) is 108 Å². The number of aliphatic carboxylic acids is 1. The summed E-state index contributed by atoms with van der Waals surface area (Å²) in [5.74, 6) is -0.143. The molecular formula is C30H34N2O3. The van der Waals surface area contributed by atoms with E-state index in [9.17, 15) is 4.79 Å². The SMILES string of the molecule is CC=CC(CC(=O)O)c1ccc(OCc2ccc(CN3CCN(c4ccccc4)CC3)cc2)cc1. The maximum absolute atomic E-state index is 11.1. The Balaban J connectivity index is 1.24. The minimum atomic E-state index is -0.800. The molecule has 1 heterocycles. The molecule has 1 saturated heterocycles. The number of ether oxygens (including phenoxy) is 1. The summed E-state index contributed by atoms with van der Waals surface area (Å²) in [6, 6.07) is 27.0. The lowest BCUT2D eigenvalue weighted by atomic mass is 9.95. The zero-order chi connectivity index (χ0) is 24.5. The Morgan fingerprint density at radius 2 is 1.57 bits per heavy atom. The van der Waals surface area contributed by atoms with Gasteiger partial charge in [-0.3, -0.25) is 9.69 Å². The number of hydrogen-bond donors (Lipinski definition) is 1. The van der Waals surface area contributed by atoms with Crippen LogP contribution in [0.15, 0.2) is 91.0 Å². The van der Waals surface area contributed by atoms with Gasteiger partial charge < -0.3 is 14.7 Å². The molecule has 0 saturated carbocycles. The van der Waals surface area contributed by atoms with Gasteiger partial charge in [0, 0.05) is 44.3 Å². The predicted octanol–water partition coefficient (Wildman–Crippen LogP) is 5.72. The third-order valence-electron chi connectivity index (χ3n) is 6.46. The van der Waals surface area contributed by atoms with Gasteiger partial charge in [-0.15, -0.1) is 0 Å². The van der Waals surface area contributed by atoms with E-state index in [0.717, 1.165) is 49.6 Å². The lowest BCUT2D eigenvalue weighted by Crippen LogP contribution is -2.45. The molecule has 0 radical (unpaired) electrons. The van der Waals surface area contributed by atoms with Crippen molar-refractivity contribution in [1.82, 2.24) is 4.90 Å². The lowest BCUT2D eigenvalue weighted by Gasteiger charge is -2.36. The van der Waals surface area contributed by atoms with Crippen molar-refractivity contribution in [2.24, 2.45) is 0 Å². The normalized spacial score (nSPS) is 15.3. The van der Waals surface area contributed by atoms with E-state index in [-0.39, 0.29) is 12.3 Å². The Kier molecular flexibility index (Phi) is 8.58. The summed E-state index contributed by atoms with van der Waals surface area (Å²) in [5, 5.41) is 9.14. The maximum Gasteiger partial charge on any atom is 0.304 e. The van der Waals surface area contributed by atoms with Gasteiger partial charge in [0.15, 0.2) is 0 Å². The molecule has 5 nitrogen and oxygen atoms in total. The Morgan fingerprint density at radius 3 is 2.20 bits per heavy atom. The Labute approximate surface area is 208 Å². The van der Waals surface area contributed by atoms with Crippen LogP contribution in [0.5, 0.6) is 5.75 Å². The van der Waals surface area contributed by atoms with Crippen molar-refractivity contribution in [1.29, 1.82) is 0 Å². The van der Waals surface area contributed by atoms with Crippen LogP contribution in [0, 0.1) is 0 Å². The molecule has 0 bridgehead atoms. The molecular weight excluding hydrogens is 436 g/mol. The zero-order valence-corrected chi connectivity index (χ0v) is 20.3. The molecule has 4 rings (SSSR count). The third kappa shape index (κ3) is 7.20. The Hall–Kier alpha value is -3.57. The van der Waals surface area contributed by atoms with Crippen LogP contribution in [-0.2, 0) is 17.9 Å². The molecule has 1 aliphatic rings. The van der Waals surface area contributed by atoms with Gasteiger partial charge in [0.25, 0.3) is 0 Å². The fourth-order valence-corrected chi connectivity index (χ4v) is 4.50. The van der Waals surface area contributed by atoms with Crippen LogP contribution in [0.3, 0.4) is 0 Å². The van der Waals surface area contributed by atoms with E-state index in [1.54, 1.807) is 0 Å². The number of piperazine rings is 1. The number of nitrogens with zero attached hydrogens (tertiary/aromatic N) is 2. The van der Waals surface area contributed by atoms with Gasteiger partial charge in [-0.2, -0.15) is 0 Å². The zero-order valence-electron chi connectivity index (χ0n) is 20.3. The topological polar surface area (TPSA) is 53.0 Å². The molecule has 1 unspecified atom stereocenters. The van der Waals surface area contributed by atoms with E-state index in [1.807, 2.05) is 43.3 Å². The standard InChI is InChI=1S/C30H34N2O3/c1-2-6-27(21-30(33)34)26-13-15-29(16-14-26)35-23-25-11-9-24(10-12-25)22-31-17-19-32(20-18-31)28-7-4-3-5-8-28/h2-16,27H,17-23H2,1H3,(H,33,34). The van der Waals surface area contributed by atoms with Crippen molar-refractivity contribution >= 4 is 11.7 Å². The fourth-order valence-electron chi connectivity index (χ4n) is 4.50. The maximum atomic E-state index is 11.1. The molecule has 1 atom stereocenters. The lowest BCUT2D eigenvalue weighted by molar-refractivity contribution is -0.137. The molecule has 182 valence electrons. The summed E-state index contributed by atoms with van der Waals surface area (Å²) in [5.41, 5.74) is 4.74. The number of carbonyl (C=O) groups is 1. The molecule has 5 heteroatoms. The first-order valence-electron chi connectivity index (χ1n) is 12.3. The predicted molar refractivity (Wildman–Crippen MR) is 141 cm³/mol. The van der Waals surface area contributed by atoms with Crippen LogP contribution < -0.4 is 9.64 Å². The molecule has 0 aromatic heterocycles. The number of para-hydroxylation sites is 1. The van der Waals surface area contributed by atoms with Gasteiger partial charge in [-0.1, -0.05) is 66.7 Å². The minimum Gasteiger partial charge on any atom is -0.489 e. The first-order valence-corrected chi connectivity index (χ1v) is 12.3. The number of allylic oxidation sites excluding steroid dienone is 2. The summed E-state index contributed by atoms with van der Waals surface area (Å²) in [6.45, 7) is 7.62. The summed E-state index contributed by atoms with van der Waals surface area (Å²) < 4.78 is 5.96. The van der Waals surface area contributed by atoms with Crippen LogP contribution in [0.4, 0.5) is 5.69 Å². The van der Waals surface area contributed by atoms with E-state index in [2.05, 4.69) is 64.4 Å². The monoisotopic (exact) mass is 470 g/mol. The number of hydrogen-bond acceptors (Lipinski definition) is 4. The molecule has 35 heavy (non-hydrogen) atoms. The molecule has 1 fully saturated rings. The second-order valence-electron chi connectivity index (χ2n) is 9.00. The molecule has 0 amide bonds. The first-order chi connectivity index (χ1) is 17.1. The molecule has 0 spiro atoms. The van der Waals surface area contributed by atoms with Crippen molar-refractivity contribution in [3.8, 4) is 5.75 Å². The average Bonchev–Trinajstić information content (AvgIpc) is 2.89. The third-order valence-corrected chi connectivity index (χ3v) is 6.46. The summed E-state index contributed by atoms with van der Waals surface area (Å²) in [6.07, 6.45) is 3.90. The van der Waals surface area contributed by atoms with Crippen molar-refractivity contribution in [2.45, 2.75) is 32.4 Å². The van der Waals surface area contributed by atoms with Crippen molar-refractivity contribution in [2.75, 3.05) is 31.1 Å². The van der Waals surface area contributed by atoms with Gasteiger partial charge >= 0.3 is 5.97 Å². The number of anilines is 1. The smallest absolute Gasteiger partial charge is 0.304 e. The summed E-state index contributed by atoms with van der Waals surface area (Å²) >= 11 is 0. The van der Waals surface area contributed by atoms with Crippen LogP contribution in [0.25, 0.3) is 0 Å². The Morgan fingerprint density at radius 1 is 0.914 bits per heavy atom.